The molecule has 0 rings (SSSR count). The summed E-state index contributed by atoms with van der Waals surface area (Å²) in [6.45, 7) is 7.00. The Kier molecular flexibility index (Phi) is 10.7. The van der Waals surface area contributed by atoms with Crippen LogP contribution < -0.4 is 10.6 Å². The van der Waals surface area contributed by atoms with Gasteiger partial charge in [0, 0.05) is 20.1 Å². The van der Waals surface area contributed by atoms with Crippen molar-refractivity contribution in [3.63, 3.8) is 0 Å². The van der Waals surface area contributed by atoms with Crippen molar-refractivity contribution in [2.45, 2.75) is 52.5 Å². The summed E-state index contributed by atoms with van der Waals surface area (Å²) >= 11 is 0. The van der Waals surface area contributed by atoms with Gasteiger partial charge in [0.25, 0.3) is 0 Å². The zero-order valence-corrected chi connectivity index (χ0v) is 13.6. The number of carbonyl (C=O) groups excluding carboxylic acids is 1. The highest BCUT2D eigenvalue weighted by Crippen LogP contribution is 2.14. The second-order valence-corrected chi connectivity index (χ2v) is 5.89. The van der Waals surface area contributed by atoms with Gasteiger partial charge in [0.2, 0.25) is 0 Å². The molecule has 0 saturated carbocycles. The SMILES string of the molecule is CCCC(COC)NC(=O)NC[C@H](CC(=O)O)CC(C)C. The maximum absolute atomic E-state index is 11.9. The summed E-state index contributed by atoms with van der Waals surface area (Å²) in [5.74, 6) is -0.466. The maximum atomic E-state index is 11.9. The fraction of sp³-hybridized carbons (Fsp3) is 0.867. The number of nitrogens with one attached hydrogen (secondary N) is 2. The van der Waals surface area contributed by atoms with Crippen molar-refractivity contribution in [2.24, 2.45) is 11.8 Å². The summed E-state index contributed by atoms with van der Waals surface area (Å²) < 4.78 is 5.07. The van der Waals surface area contributed by atoms with Gasteiger partial charge in [-0.3, -0.25) is 4.79 Å². The predicted molar refractivity (Wildman–Crippen MR) is 82.3 cm³/mol. The van der Waals surface area contributed by atoms with E-state index >= 15 is 0 Å². The number of hydrogen-bond donors (Lipinski definition) is 3. The van der Waals surface area contributed by atoms with Gasteiger partial charge in [0.15, 0.2) is 0 Å². The van der Waals surface area contributed by atoms with Gasteiger partial charge in [0.05, 0.1) is 12.6 Å². The van der Waals surface area contributed by atoms with E-state index < -0.39 is 5.97 Å². The molecule has 6 nitrogen and oxygen atoms in total. The third-order valence-electron chi connectivity index (χ3n) is 3.16. The number of amides is 2. The Bertz CT molecular complexity index is 302. The lowest BCUT2D eigenvalue weighted by molar-refractivity contribution is -0.138. The smallest absolute Gasteiger partial charge is 0.315 e. The Morgan fingerprint density at radius 1 is 1.29 bits per heavy atom. The van der Waals surface area contributed by atoms with Crippen molar-refractivity contribution in [1.29, 1.82) is 0 Å². The minimum atomic E-state index is -0.828. The number of methoxy groups -OCH3 is 1. The van der Waals surface area contributed by atoms with E-state index in [1.807, 2.05) is 20.8 Å². The van der Waals surface area contributed by atoms with Crippen LogP contribution in [0.15, 0.2) is 0 Å². The van der Waals surface area contributed by atoms with E-state index in [4.69, 9.17) is 9.84 Å². The first-order valence-corrected chi connectivity index (χ1v) is 7.64. The molecule has 0 heterocycles. The largest absolute Gasteiger partial charge is 0.481 e. The van der Waals surface area contributed by atoms with Crippen LogP contribution in [0.3, 0.4) is 0 Å². The second-order valence-electron chi connectivity index (χ2n) is 5.89. The first kappa shape index (κ1) is 19.7. The molecule has 0 bridgehead atoms. The van der Waals surface area contributed by atoms with Gasteiger partial charge in [-0.05, 0) is 24.7 Å². The van der Waals surface area contributed by atoms with Crippen molar-refractivity contribution in [2.75, 3.05) is 20.3 Å². The van der Waals surface area contributed by atoms with Gasteiger partial charge < -0.3 is 20.5 Å². The van der Waals surface area contributed by atoms with E-state index in [1.165, 1.54) is 0 Å². The van der Waals surface area contributed by atoms with Gasteiger partial charge in [0.1, 0.15) is 0 Å². The first-order chi connectivity index (χ1) is 9.88. The average molecular weight is 302 g/mol. The van der Waals surface area contributed by atoms with Crippen LogP contribution in [0.1, 0.15) is 46.5 Å². The molecule has 0 saturated heterocycles. The van der Waals surface area contributed by atoms with Crippen molar-refractivity contribution >= 4 is 12.0 Å². The topological polar surface area (TPSA) is 87.7 Å². The van der Waals surface area contributed by atoms with Gasteiger partial charge in [-0.25, -0.2) is 4.79 Å². The number of aliphatic carboxylic acids is 1. The number of ether oxygens (including phenoxy) is 1. The Labute approximate surface area is 127 Å². The zero-order valence-electron chi connectivity index (χ0n) is 13.6. The molecule has 3 N–H and O–H groups in total. The summed E-state index contributed by atoms with van der Waals surface area (Å²) in [5, 5.41) is 14.5. The summed E-state index contributed by atoms with van der Waals surface area (Å²) in [4.78, 5) is 22.7. The molecule has 0 radical (unpaired) electrons. The molecule has 0 aliphatic heterocycles. The van der Waals surface area contributed by atoms with E-state index in [2.05, 4.69) is 10.6 Å². The Balaban J connectivity index is 4.23. The van der Waals surface area contributed by atoms with E-state index in [0.29, 0.717) is 19.1 Å². The molecule has 6 heteroatoms. The molecule has 0 aromatic rings. The quantitative estimate of drug-likeness (QED) is 0.546. The van der Waals surface area contributed by atoms with Gasteiger partial charge >= 0.3 is 12.0 Å². The molecule has 0 fully saturated rings. The molecule has 124 valence electrons. The Morgan fingerprint density at radius 3 is 2.43 bits per heavy atom. The van der Waals surface area contributed by atoms with Crippen molar-refractivity contribution in [3.8, 4) is 0 Å². The van der Waals surface area contributed by atoms with Crippen LogP contribution in [0.4, 0.5) is 4.79 Å². The molecule has 1 unspecified atom stereocenters. The Hall–Kier alpha value is -1.30. The number of carboxylic acid groups (broad SMARTS) is 1. The van der Waals surface area contributed by atoms with Crippen LogP contribution in [-0.2, 0) is 9.53 Å². The van der Waals surface area contributed by atoms with E-state index in [9.17, 15) is 9.59 Å². The molecular weight excluding hydrogens is 272 g/mol. The average Bonchev–Trinajstić information content (AvgIpc) is 2.35. The van der Waals surface area contributed by atoms with Crippen LogP contribution in [-0.4, -0.2) is 43.4 Å². The first-order valence-electron chi connectivity index (χ1n) is 7.64. The van der Waals surface area contributed by atoms with Crippen molar-refractivity contribution in [3.05, 3.63) is 0 Å². The van der Waals surface area contributed by atoms with Gasteiger partial charge in [-0.15, -0.1) is 0 Å². The van der Waals surface area contributed by atoms with Crippen LogP contribution in [0, 0.1) is 11.8 Å². The van der Waals surface area contributed by atoms with Gasteiger partial charge in [-0.2, -0.15) is 0 Å². The Morgan fingerprint density at radius 2 is 1.95 bits per heavy atom. The fourth-order valence-electron chi connectivity index (χ4n) is 2.37. The van der Waals surface area contributed by atoms with Gasteiger partial charge in [-0.1, -0.05) is 27.2 Å². The zero-order chi connectivity index (χ0) is 16.3. The van der Waals surface area contributed by atoms with Crippen LogP contribution in [0.25, 0.3) is 0 Å². The highest BCUT2D eigenvalue weighted by atomic mass is 16.5. The monoisotopic (exact) mass is 302 g/mol. The highest BCUT2D eigenvalue weighted by molar-refractivity contribution is 5.74. The molecule has 0 aromatic heterocycles. The lowest BCUT2D eigenvalue weighted by Crippen LogP contribution is -2.45. The molecule has 0 aliphatic rings. The number of rotatable bonds is 11. The maximum Gasteiger partial charge on any atom is 0.315 e. The lowest BCUT2D eigenvalue weighted by Gasteiger charge is -2.21. The third kappa shape index (κ3) is 11.1. The number of carboxylic acids is 1. The normalized spacial score (nSPS) is 13.8. The van der Waals surface area contributed by atoms with E-state index in [-0.39, 0.29) is 24.4 Å². The molecule has 0 aromatic carbocycles. The molecule has 0 spiro atoms. The van der Waals surface area contributed by atoms with Crippen LogP contribution >= 0.6 is 0 Å². The number of carbonyl (C=O) groups is 2. The van der Waals surface area contributed by atoms with Crippen molar-refractivity contribution < 1.29 is 19.4 Å². The summed E-state index contributed by atoms with van der Waals surface area (Å²) in [6, 6.07) is -0.271. The molecule has 0 aliphatic carbocycles. The van der Waals surface area contributed by atoms with E-state index in [0.717, 1.165) is 19.3 Å². The predicted octanol–water partition coefficient (Wildman–Crippen LogP) is 2.24. The molecule has 2 amide bonds. The minimum Gasteiger partial charge on any atom is -0.481 e. The minimum absolute atomic E-state index is 0.0111. The summed E-state index contributed by atoms with van der Waals surface area (Å²) in [5.41, 5.74) is 0. The van der Waals surface area contributed by atoms with Crippen LogP contribution in [0.5, 0.6) is 0 Å². The van der Waals surface area contributed by atoms with Crippen molar-refractivity contribution in [1.82, 2.24) is 10.6 Å². The van der Waals surface area contributed by atoms with Crippen LogP contribution in [0.2, 0.25) is 0 Å². The molecule has 2 atom stereocenters. The highest BCUT2D eigenvalue weighted by Gasteiger charge is 2.17. The third-order valence-corrected chi connectivity index (χ3v) is 3.16. The summed E-state index contributed by atoms with van der Waals surface area (Å²) in [6.07, 6.45) is 2.67. The van der Waals surface area contributed by atoms with E-state index in [1.54, 1.807) is 7.11 Å². The lowest BCUT2D eigenvalue weighted by atomic mass is 9.94. The molecular formula is C15H30N2O4. The molecule has 21 heavy (non-hydrogen) atoms. The fourth-order valence-corrected chi connectivity index (χ4v) is 2.37. The summed E-state index contributed by atoms with van der Waals surface area (Å²) in [7, 11) is 1.60. The number of hydrogen-bond acceptors (Lipinski definition) is 3. The standard InChI is InChI=1S/C15H30N2O4/c1-5-6-13(10-21-4)17-15(20)16-9-12(7-11(2)3)8-14(18)19/h11-13H,5-10H2,1-4H3,(H,18,19)(H2,16,17,20)/t12-,13?/m0/s1. The second kappa shape index (κ2) is 11.4. The number of urea groups is 1.